The number of aromatic nitrogens is 1. The summed E-state index contributed by atoms with van der Waals surface area (Å²) in [5.74, 6) is 0. The van der Waals surface area contributed by atoms with Crippen molar-refractivity contribution in [3.8, 4) is 0 Å². The number of rotatable bonds is 8. The quantitative estimate of drug-likeness (QED) is 0.734. The molecule has 1 unspecified atom stereocenters. The third-order valence-electron chi connectivity index (χ3n) is 3.50. The average molecular weight is 250 g/mol. The Morgan fingerprint density at radius 3 is 2.67 bits per heavy atom. The lowest BCUT2D eigenvalue weighted by Crippen LogP contribution is -2.34. The minimum absolute atomic E-state index is 0.456. The zero-order chi connectivity index (χ0) is 13.4. The Balaban J connectivity index is 2.49. The van der Waals surface area contributed by atoms with Crippen LogP contribution in [0.25, 0.3) is 0 Å². The molecule has 0 radical (unpaired) electrons. The standard InChI is InChI=1S/C14H26N4/c1-4-18(5-2)9-7-13(16-3)10-12-11-17-8-6-14(12)15/h6,8,11,13,16H,4-5,7,9-10H2,1-3H3,(H2,15,17). The maximum absolute atomic E-state index is 5.95. The first-order valence-electron chi connectivity index (χ1n) is 6.79. The first-order chi connectivity index (χ1) is 8.71. The minimum Gasteiger partial charge on any atom is -0.398 e. The van der Waals surface area contributed by atoms with E-state index in [1.54, 1.807) is 6.20 Å². The van der Waals surface area contributed by atoms with Gasteiger partial charge in [-0.1, -0.05) is 13.8 Å². The molecule has 102 valence electrons. The molecule has 1 heterocycles. The Hall–Kier alpha value is -1.13. The topological polar surface area (TPSA) is 54.2 Å². The van der Waals surface area contributed by atoms with Crippen LogP contribution in [0, 0.1) is 0 Å². The van der Waals surface area contributed by atoms with Crippen LogP contribution in [-0.2, 0) is 6.42 Å². The molecule has 0 spiro atoms. The Kier molecular flexibility index (Phi) is 6.68. The summed E-state index contributed by atoms with van der Waals surface area (Å²) in [7, 11) is 2.01. The molecule has 3 N–H and O–H groups in total. The van der Waals surface area contributed by atoms with Crippen molar-refractivity contribution in [1.29, 1.82) is 0 Å². The van der Waals surface area contributed by atoms with Crippen molar-refractivity contribution >= 4 is 5.69 Å². The van der Waals surface area contributed by atoms with Crippen molar-refractivity contribution < 1.29 is 0 Å². The summed E-state index contributed by atoms with van der Waals surface area (Å²) >= 11 is 0. The van der Waals surface area contributed by atoms with E-state index in [0.717, 1.165) is 43.7 Å². The van der Waals surface area contributed by atoms with Gasteiger partial charge in [0.25, 0.3) is 0 Å². The predicted octanol–water partition coefficient (Wildman–Crippen LogP) is 1.53. The summed E-state index contributed by atoms with van der Waals surface area (Å²) < 4.78 is 0. The Morgan fingerprint density at radius 1 is 1.39 bits per heavy atom. The highest BCUT2D eigenvalue weighted by atomic mass is 15.1. The summed E-state index contributed by atoms with van der Waals surface area (Å²) in [6.45, 7) is 7.76. The number of anilines is 1. The van der Waals surface area contributed by atoms with Crippen LogP contribution in [0.2, 0.25) is 0 Å². The van der Waals surface area contributed by atoms with Gasteiger partial charge in [-0.15, -0.1) is 0 Å². The van der Waals surface area contributed by atoms with Gasteiger partial charge in [0, 0.05) is 24.1 Å². The van der Waals surface area contributed by atoms with Gasteiger partial charge in [0.2, 0.25) is 0 Å². The van der Waals surface area contributed by atoms with E-state index >= 15 is 0 Å². The molecule has 0 bridgehead atoms. The molecule has 0 aliphatic heterocycles. The molecule has 0 saturated heterocycles. The smallest absolute Gasteiger partial charge is 0.0378 e. The van der Waals surface area contributed by atoms with E-state index in [9.17, 15) is 0 Å². The van der Waals surface area contributed by atoms with Gasteiger partial charge in [0.1, 0.15) is 0 Å². The number of pyridine rings is 1. The van der Waals surface area contributed by atoms with Crippen LogP contribution in [0.15, 0.2) is 18.5 Å². The fourth-order valence-corrected chi connectivity index (χ4v) is 2.10. The molecule has 1 aromatic rings. The highest BCUT2D eigenvalue weighted by molar-refractivity contribution is 5.44. The van der Waals surface area contributed by atoms with Gasteiger partial charge in [-0.3, -0.25) is 4.98 Å². The fraction of sp³-hybridized carbons (Fsp3) is 0.643. The second-order valence-corrected chi connectivity index (χ2v) is 4.58. The molecule has 18 heavy (non-hydrogen) atoms. The number of nitrogens with one attached hydrogen (secondary N) is 1. The van der Waals surface area contributed by atoms with E-state index < -0.39 is 0 Å². The van der Waals surface area contributed by atoms with Crippen molar-refractivity contribution in [1.82, 2.24) is 15.2 Å². The fourth-order valence-electron chi connectivity index (χ4n) is 2.10. The number of hydrogen-bond acceptors (Lipinski definition) is 4. The molecule has 0 aliphatic carbocycles. The van der Waals surface area contributed by atoms with Gasteiger partial charge in [0.05, 0.1) is 0 Å². The zero-order valence-electron chi connectivity index (χ0n) is 11.8. The van der Waals surface area contributed by atoms with Crippen molar-refractivity contribution in [2.24, 2.45) is 0 Å². The van der Waals surface area contributed by atoms with Crippen molar-refractivity contribution in [2.45, 2.75) is 32.7 Å². The Labute approximate surface area is 111 Å². The SMILES string of the molecule is CCN(CC)CCC(Cc1cnccc1N)NC. The number of hydrogen-bond donors (Lipinski definition) is 2. The van der Waals surface area contributed by atoms with Crippen molar-refractivity contribution in [3.05, 3.63) is 24.0 Å². The Morgan fingerprint density at radius 2 is 2.11 bits per heavy atom. The predicted molar refractivity (Wildman–Crippen MR) is 77.6 cm³/mol. The molecule has 0 saturated carbocycles. The third kappa shape index (κ3) is 4.63. The van der Waals surface area contributed by atoms with E-state index in [1.165, 1.54) is 0 Å². The zero-order valence-corrected chi connectivity index (χ0v) is 11.8. The lowest BCUT2D eigenvalue weighted by atomic mass is 10.0. The minimum atomic E-state index is 0.456. The van der Waals surface area contributed by atoms with Gasteiger partial charge >= 0.3 is 0 Å². The van der Waals surface area contributed by atoms with E-state index in [-0.39, 0.29) is 0 Å². The summed E-state index contributed by atoms with van der Waals surface area (Å²) in [6.07, 6.45) is 5.68. The van der Waals surface area contributed by atoms with Crippen LogP contribution in [0.5, 0.6) is 0 Å². The molecule has 0 fully saturated rings. The van der Waals surface area contributed by atoms with Gasteiger partial charge in [-0.2, -0.15) is 0 Å². The van der Waals surface area contributed by atoms with Gasteiger partial charge in [0.15, 0.2) is 0 Å². The van der Waals surface area contributed by atoms with Crippen LogP contribution >= 0.6 is 0 Å². The second kappa shape index (κ2) is 8.06. The normalized spacial score (nSPS) is 12.9. The molecule has 0 amide bonds. The van der Waals surface area contributed by atoms with Crippen molar-refractivity contribution in [2.75, 3.05) is 32.4 Å². The first-order valence-corrected chi connectivity index (χ1v) is 6.79. The monoisotopic (exact) mass is 250 g/mol. The highest BCUT2D eigenvalue weighted by Crippen LogP contribution is 2.12. The molecular weight excluding hydrogens is 224 g/mol. The van der Waals surface area contributed by atoms with Crippen LogP contribution in [0.4, 0.5) is 5.69 Å². The molecule has 0 aliphatic rings. The summed E-state index contributed by atoms with van der Waals surface area (Å²) in [5, 5.41) is 3.37. The van der Waals surface area contributed by atoms with Crippen LogP contribution in [0.3, 0.4) is 0 Å². The van der Waals surface area contributed by atoms with Gasteiger partial charge in [-0.25, -0.2) is 0 Å². The lowest BCUT2D eigenvalue weighted by Gasteiger charge is -2.22. The molecule has 0 aromatic carbocycles. The largest absolute Gasteiger partial charge is 0.398 e. The van der Waals surface area contributed by atoms with Crippen LogP contribution < -0.4 is 11.1 Å². The lowest BCUT2D eigenvalue weighted by molar-refractivity contribution is 0.283. The summed E-state index contributed by atoms with van der Waals surface area (Å²) in [6, 6.07) is 2.32. The molecule has 4 nitrogen and oxygen atoms in total. The first kappa shape index (κ1) is 14.9. The molecular formula is C14H26N4. The Bertz CT molecular complexity index is 336. The molecule has 1 aromatic heterocycles. The number of nitrogens with two attached hydrogens (primary N) is 1. The van der Waals surface area contributed by atoms with Crippen LogP contribution in [-0.4, -0.2) is 42.6 Å². The maximum Gasteiger partial charge on any atom is 0.0378 e. The summed E-state index contributed by atoms with van der Waals surface area (Å²) in [4.78, 5) is 6.58. The van der Waals surface area contributed by atoms with E-state index in [4.69, 9.17) is 5.73 Å². The molecule has 1 atom stereocenters. The van der Waals surface area contributed by atoms with E-state index in [0.29, 0.717) is 6.04 Å². The van der Waals surface area contributed by atoms with Gasteiger partial charge < -0.3 is 16.0 Å². The summed E-state index contributed by atoms with van der Waals surface area (Å²) in [5.41, 5.74) is 7.93. The highest BCUT2D eigenvalue weighted by Gasteiger charge is 2.11. The van der Waals surface area contributed by atoms with Gasteiger partial charge in [-0.05, 0) is 51.2 Å². The number of nitrogens with zero attached hydrogens (tertiary/aromatic N) is 2. The number of nitrogen functional groups attached to an aromatic ring is 1. The van der Waals surface area contributed by atoms with Crippen molar-refractivity contribution in [3.63, 3.8) is 0 Å². The van der Waals surface area contributed by atoms with E-state index in [2.05, 4.69) is 29.0 Å². The average Bonchev–Trinajstić information content (AvgIpc) is 2.40. The van der Waals surface area contributed by atoms with Crippen LogP contribution in [0.1, 0.15) is 25.8 Å². The maximum atomic E-state index is 5.95. The molecule has 4 heteroatoms. The van der Waals surface area contributed by atoms with E-state index in [1.807, 2.05) is 19.3 Å². The molecule has 1 rings (SSSR count). The third-order valence-corrected chi connectivity index (χ3v) is 3.50. The number of likely N-dealkylation sites (N-methyl/N-ethyl adjacent to an activating group) is 1. The second-order valence-electron chi connectivity index (χ2n) is 4.58.